The molecule has 1 heterocycles. The fourth-order valence-electron chi connectivity index (χ4n) is 3.51. The van der Waals surface area contributed by atoms with Gasteiger partial charge >= 0.3 is 5.97 Å². The molecule has 1 aromatic heterocycles. The minimum Gasteiger partial charge on any atom is -0.493 e. The molecule has 164 valence electrons. The molecule has 0 radical (unpaired) electrons. The highest BCUT2D eigenvalue weighted by atomic mass is 32.1. The van der Waals surface area contributed by atoms with Crippen molar-refractivity contribution in [3.8, 4) is 34.6 Å². The molecule has 0 saturated carbocycles. The number of nitrogens with zero attached hydrogens (tertiary/aromatic N) is 2. The van der Waals surface area contributed by atoms with E-state index in [2.05, 4.69) is 24.3 Å². The lowest BCUT2D eigenvalue weighted by Gasteiger charge is -2.13. The van der Waals surface area contributed by atoms with Crippen molar-refractivity contribution in [3.05, 3.63) is 70.5 Å². The van der Waals surface area contributed by atoms with E-state index in [1.54, 1.807) is 18.2 Å². The van der Waals surface area contributed by atoms with E-state index in [1.807, 2.05) is 29.6 Å². The van der Waals surface area contributed by atoms with Gasteiger partial charge in [0.05, 0.1) is 25.5 Å². The number of carbonyl (C=O) groups excluding carboxylic acids is 1. The Morgan fingerprint density at radius 2 is 1.76 bits per heavy atom. The van der Waals surface area contributed by atoms with Gasteiger partial charge in [-0.25, -0.2) is 4.98 Å². The molecule has 0 atom stereocenters. The SMILES string of the molecule is COc1cc(C=C(C#N)c2nc(-c3cccc4ccccc34)cs2)cc(OC)c1OC(C)=O. The fraction of sp³-hybridized carbons (Fsp3) is 0.115. The lowest BCUT2D eigenvalue weighted by molar-refractivity contribution is -0.132. The zero-order chi connectivity index (χ0) is 23.4. The molecule has 0 N–H and O–H groups in total. The molecule has 0 aliphatic heterocycles. The first-order chi connectivity index (χ1) is 16.0. The maximum absolute atomic E-state index is 11.4. The zero-order valence-electron chi connectivity index (χ0n) is 18.3. The molecule has 7 heteroatoms. The van der Waals surface area contributed by atoms with Crippen LogP contribution in [0.25, 0.3) is 33.7 Å². The van der Waals surface area contributed by atoms with Crippen LogP contribution < -0.4 is 14.2 Å². The summed E-state index contributed by atoms with van der Waals surface area (Å²) < 4.78 is 16.0. The van der Waals surface area contributed by atoms with Crippen molar-refractivity contribution in [1.29, 1.82) is 5.26 Å². The third-order valence-electron chi connectivity index (χ3n) is 4.96. The topological polar surface area (TPSA) is 81.4 Å². The molecule has 0 aliphatic rings. The van der Waals surface area contributed by atoms with Crippen molar-refractivity contribution >= 4 is 39.7 Å². The summed E-state index contributed by atoms with van der Waals surface area (Å²) in [5.41, 5.74) is 2.88. The molecule has 0 unspecified atom stereocenters. The highest BCUT2D eigenvalue weighted by molar-refractivity contribution is 7.11. The molecule has 0 spiro atoms. The van der Waals surface area contributed by atoms with Gasteiger partial charge in [-0.3, -0.25) is 4.79 Å². The van der Waals surface area contributed by atoms with Crippen molar-refractivity contribution in [3.63, 3.8) is 0 Å². The summed E-state index contributed by atoms with van der Waals surface area (Å²) in [6, 6.07) is 19.8. The van der Waals surface area contributed by atoms with Crippen LogP contribution in [0.5, 0.6) is 17.2 Å². The predicted octanol–water partition coefficient (Wildman–Crippen LogP) is 5.97. The summed E-state index contributed by atoms with van der Waals surface area (Å²) in [6.45, 7) is 1.30. The molecule has 4 rings (SSSR count). The Morgan fingerprint density at radius 1 is 1.06 bits per heavy atom. The molecule has 6 nitrogen and oxygen atoms in total. The predicted molar refractivity (Wildman–Crippen MR) is 129 cm³/mol. The van der Waals surface area contributed by atoms with E-state index in [0.717, 1.165) is 22.0 Å². The summed E-state index contributed by atoms with van der Waals surface area (Å²) in [6.07, 6.45) is 1.70. The Balaban J connectivity index is 1.74. The minimum atomic E-state index is -0.489. The van der Waals surface area contributed by atoms with Gasteiger partial charge in [0, 0.05) is 17.9 Å². The molecular formula is C26H20N2O4S. The number of carbonyl (C=O) groups is 1. The van der Waals surface area contributed by atoms with Crippen LogP contribution in [-0.4, -0.2) is 25.2 Å². The van der Waals surface area contributed by atoms with E-state index < -0.39 is 5.97 Å². The first-order valence-corrected chi connectivity index (χ1v) is 10.9. The van der Waals surface area contributed by atoms with Gasteiger partial charge in [0.15, 0.2) is 11.5 Å². The van der Waals surface area contributed by atoms with Gasteiger partial charge in [0.1, 0.15) is 11.1 Å². The van der Waals surface area contributed by atoms with Gasteiger partial charge in [0.2, 0.25) is 5.75 Å². The first kappa shape index (κ1) is 22.1. The average molecular weight is 457 g/mol. The number of ether oxygens (including phenoxy) is 3. The average Bonchev–Trinajstić information content (AvgIpc) is 3.32. The van der Waals surface area contributed by atoms with Crippen LogP contribution in [0.3, 0.4) is 0 Å². The van der Waals surface area contributed by atoms with Crippen LogP contribution in [0.4, 0.5) is 0 Å². The van der Waals surface area contributed by atoms with Gasteiger partial charge < -0.3 is 14.2 Å². The number of allylic oxidation sites excluding steroid dienone is 1. The van der Waals surface area contributed by atoms with E-state index in [-0.39, 0.29) is 5.75 Å². The minimum absolute atomic E-state index is 0.190. The Kier molecular flexibility index (Phi) is 6.38. The summed E-state index contributed by atoms with van der Waals surface area (Å²) in [5, 5.41) is 14.6. The first-order valence-electron chi connectivity index (χ1n) is 10.0. The standard InChI is InChI=1S/C26H20N2O4S/c1-16(29)32-25-23(30-2)12-17(13-24(25)31-3)11-19(14-27)26-28-22(15-33-26)21-10-6-8-18-7-4-5-9-20(18)21/h4-13,15H,1-3H3. The van der Waals surface area contributed by atoms with Gasteiger partial charge in [-0.05, 0) is 34.5 Å². The van der Waals surface area contributed by atoms with Gasteiger partial charge in [-0.15, -0.1) is 11.3 Å². The molecule has 33 heavy (non-hydrogen) atoms. The molecule has 0 bridgehead atoms. The highest BCUT2D eigenvalue weighted by Crippen LogP contribution is 2.40. The molecule has 0 fully saturated rings. The summed E-state index contributed by atoms with van der Waals surface area (Å²) >= 11 is 1.40. The molecular weight excluding hydrogens is 436 g/mol. The number of hydrogen-bond acceptors (Lipinski definition) is 7. The largest absolute Gasteiger partial charge is 0.493 e. The Morgan fingerprint density at radius 3 is 2.42 bits per heavy atom. The number of rotatable bonds is 6. The molecule has 0 aliphatic carbocycles. The monoisotopic (exact) mass is 456 g/mol. The quantitative estimate of drug-likeness (QED) is 0.202. The van der Waals surface area contributed by atoms with Crippen molar-refractivity contribution in [2.75, 3.05) is 14.2 Å². The van der Waals surface area contributed by atoms with Crippen LogP contribution in [0.2, 0.25) is 0 Å². The Bertz CT molecular complexity index is 1390. The fourth-order valence-corrected chi connectivity index (χ4v) is 4.29. The number of benzene rings is 3. The van der Waals surface area contributed by atoms with Crippen LogP contribution in [0, 0.1) is 11.3 Å². The van der Waals surface area contributed by atoms with Gasteiger partial charge in [-0.2, -0.15) is 5.26 Å². The number of fused-ring (bicyclic) bond motifs is 1. The van der Waals surface area contributed by atoms with Crippen molar-refractivity contribution in [2.24, 2.45) is 0 Å². The smallest absolute Gasteiger partial charge is 0.308 e. The number of aromatic nitrogens is 1. The molecule has 3 aromatic carbocycles. The lowest BCUT2D eigenvalue weighted by Crippen LogP contribution is -2.05. The van der Waals surface area contributed by atoms with Crippen molar-refractivity contribution in [1.82, 2.24) is 4.98 Å². The number of esters is 1. The number of hydrogen-bond donors (Lipinski definition) is 0. The second-order valence-electron chi connectivity index (χ2n) is 7.08. The maximum atomic E-state index is 11.4. The van der Waals surface area contributed by atoms with E-state index in [9.17, 15) is 10.1 Å². The third-order valence-corrected chi connectivity index (χ3v) is 5.84. The Labute approximate surface area is 195 Å². The molecule has 0 amide bonds. The summed E-state index contributed by atoms with van der Waals surface area (Å²) in [7, 11) is 2.94. The van der Waals surface area contributed by atoms with E-state index >= 15 is 0 Å². The van der Waals surface area contributed by atoms with E-state index in [1.165, 1.54) is 32.5 Å². The van der Waals surface area contributed by atoms with Crippen LogP contribution in [0.1, 0.15) is 17.5 Å². The number of methoxy groups -OCH3 is 2. The van der Waals surface area contributed by atoms with E-state index in [0.29, 0.717) is 27.6 Å². The number of thiazole rings is 1. The zero-order valence-corrected chi connectivity index (χ0v) is 19.1. The normalized spacial score (nSPS) is 11.2. The summed E-state index contributed by atoms with van der Waals surface area (Å²) in [5.74, 6) is 0.347. The van der Waals surface area contributed by atoms with Crippen LogP contribution in [-0.2, 0) is 4.79 Å². The molecule has 4 aromatic rings. The van der Waals surface area contributed by atoms with Gasteiger partial charge in [0.25, 0.3) is 0 Å². The Hall–Kier alpha value is -4.15. The van der Waals surface area contributed by atoms with Crippen molar-refractivity contribution < 1.29 is 19.0 Å². The van der Waals surface area contributed by atoms with Crippen LogP contribution in [0.15, 0.2) is 60.0 Å². The maximum Gasteiger partial charge on any atom is 0.308 e. The van der Waals surface area contributed by atoms with Crippen LogP contribution >= 0.6 is 11.3 Å². The second kappa shape index (κ2) is 9.55. The second-order valence-corrected chi connectivity index (χ2v) is 7.94. The highest BCUT2D eigenvalue weighted by Gasteiger charge is 2.17. The molecule has 0 saturated heterocycles. The van der Waals surface area contributed by atoms with E-state index in [4.69, 9.17) is 19.2 Å². The van der Waals surface area contributed by atoms with Crippen molar-refractivity contribution in [2.45, 2.75) is 6.92 Å². The number of nitriles is 1. The lowest BCUT2D eigenvalue weighted by atomic mass is 10.0. The third kappa shape index (κ3) is 4.56. The summed E-state index contributed by atoms with van der Waals surface area (Å²) in [4.78, 5) is 16.2. The van der Waals surface area contributed by atoms with Gasteiger partial charge in [-0.1, -0.05) is 42.5 Å².